The van der Waals surface area contributed by atoms with Crippen molar-refractivity contribution in [2.24, 2.45) is 0 Å². The Hall–Kier alpha value is -3.11. The van der Waals surface area contributed by atoms with Gasteiger partial charge in [0.05, 0.1) is 17.3 Å². The van der Waals surface area contributed by atoms with E-state index in [0.717, 1.165) is 0 Å². The van der Waals surface area contributed by atoms with E-state index in [1.807, 2.05) is 18.2 Å². The molecule has 8 nitrogen and oxygen atoms in total. The van der Waals surface area contributed by atoms with Crippen LogP contribution in [-0.2, 0) is 4.79 Å². The fraction of sp³-hybridized carbons (Fsp3) is 0.143. The van der Waals surface area contributed by atoms with E-state index in [2.05, 4.69) is 36.5 Å². The van der Waals surface area contributed by atoms with Crippen molar-refractivity contribution in [3.63, 3.8) is 0 Å². The highest BCUT2D eigenvalue weighted by Crippen LogP contribution is 2.29. The van der Waals surface area contributed by atoms with Gasteiger partial charge in [0.2, 0.25) is 5.91 Å². The number of rotatable bonds is 8. The van der Waals surface area contributed by atoms with Crippen molar-refractivity contribution in [2.45, 2.75) is 11.4 Å². The lowest BCUT2D eigenvalue weighted by Gasteiger charge is -2.12. The van der Waals surface area contributed by atoms with E-state index in [4.69, 9.17) is 10.5 Å². The summed E-state index contributed by atoms with van der Waals surface area (Å²) in [6.07, 6.45) is 1.60. The minimum atomic E-state index is -0.286. The average molecular weight is 502 g/mol. The molecular formula is C21H20BrN5O3S. The van der Waals surface area contributed by atoms with Crippen molar-refractivity contribution in [2.75, 3.05) is 29.2 Å². The molecule has 0 saturated heterocycles. The van der Waals surface area contributed by atoms with E-state index >= 15 is 0 Å². The summed E-state index contributed by atoms with van der Waals surface area (Å²) in [5.74, 6) is 0.786. The number of hydrogen-bond donors (Lipinski definition) is 3. The molecule has 2 amide bonds. The van der Waals surface area contributed by atoms with Gasteiger partial charge in [0.1, 0.15) is 22.9 Å². The monoisotopic (exact) mass is 501 g/mol. The first kappa shape index (κ1) is 22.6. The van der Waals surface area contributed by atoms with Crippen LogP contribution in [0.2, 0.25) is 0 Å². The molecule has 4 N–H and O–H groups in total. The van der Waals surface area contributed by atoms with Gasteiger partial charge < -0.3 is 21.1 Å². The molecule has 3 rings (SSSR count). The number of halogens is 1. The molecule has 1 aromatic heterocycles. The van der Waals surface area contributed by atoms with E-state index in [-0.39, 0.29) is 18.2 Å². The zero-order valence-electron chi connectivity index (χ0n) is 16.6. The molecule has 0 spiro atoms. The lowest BCUT2D eigenvalue weighted by Crippen LogP contribution is -2.15. The maximum Gasteiger partial charge on any atom is 0.255 e. The van der Waals surface area contributed by atoms with E-state index in [1.165, 1.54) is 25.2 Å². The molecule has 0 bridgehead atoms. The van der Waals surface area contributed by atoms with Gasteiger partial charge in [0.25, 0.3) is 5.91 Å². The second kappa shape index (κ2) is 10.8. The van der Waals surface area contributed by atoms with Crippen LogP contribution in [-0.4, -0.2) is 34.6 Å². The summed E-state index contributed by atoms with van der Waals surface area (Å²) < 4.78 is 5.92. The third-order valence-corrected chi connectivity index (χ3v) is 6.16. The number of methoxy groups -OCH3 is 1. The van der Waals surface area contributed by atoms with Crippen molar-refractivity contribution < 1.29 is 14.3 Å². The van der Waals surface area contributed by atoms with Crippen molar-refractivity contribution in [3.05, 3.63) is 64.9 Å². The van der Waals surface area contributed by atoms with Gasteiger partial charge in [-0.1, -0.05) is 18.2 Å². The lowest BCUT2D eigenvalue weighted by molar-refractivity contribution is -0.115. The molecule has 0 atom stereocenters. The molecule has 0 radical (unpaired) electrons. The first-order chi connectivity index (χ1) is 15.0. The Morgan fingerprint density at radius 3 is 2.65 bits per heavy atom. The lowest BCUT2D eigenvalue weighted by atomic mass is 10.1. The number of nitrogen functional groups attached to an aromatic ring is 1. The first-order valence-corrected chi connectivity index (χ1v) is 11.0. The Balaban J connectivity index is 1.62. The Morgan fingerprint density at radius 1 is 1.13 bits per heavy atom. The number of anilines is 3. The number of amides is 2. The largest absolute Gasteiger partial charge is 0.495 e. The summed E-state index contributed by atoms with van der Waals surface area (Å²) >= 11 is 4.72. The number of aromatic nitrogens is 2. The second-order valence-corrected chi connectivity index (χ2v) is 8.14. The van der Waals surface area contributed by atoms with Gasteiger partial charge in [0.15, 0.2) is 0 Å². The van der Waals surface area contributed by atoms with Crippen molar-refractivity contribution in [1.29, 1.82) is 0 Å². The van der Waals surface area contributed by atoms with Crippen LogP contribution in [0.5, 0.6) is 5.75 Å². The average Bonchev–Trinajstić information content (AvgIpc) is 2.77. The number of benzene rings is 2. The molecule has 0 aliphatic heterocycles. The second-order valence-electron chi connectivity index (χ2n) is 6.26. The first-order valence-electron chi connectivity index (χ1n) is 9.21. The molecule has 160 valence electrons. The Morgan fingerprint density at radius 2 is 1.90 bits per heavy atom. The van der Waals surface area contributed by atoms with Gasteiger partial charge in [-0.15, -0.1) is 11.8 Å². The minimum absolute atomic E-state index is 0.218. The molecule has 0 fully saturated rings. The van der Waals surface area contributed by atoms with E-state index in [9.17, 15) is 9.59 Å². The smallest absolute Gasteiger partial charge is 0.255 e. The molecule has 0 unspecified atom stereocenters. The SMILES string of the molecule is COc1ccc(C(=O)Nc2ccccc2)cc1NC(=O)CCSc1ncnc(N)c1Br. The molecule has 0 aliphatic rings. The number of ether oxygens (including phenoxy) is 1. The molecule has 2 aromatic carbocycles. The van der Waals surface area contributed by atoms with Gasteiger partial charge in [-0.3, -0.25) is 9.59 Å². The molecule has 0 aliphatic carbocycles. The third-order valence-electron chi connectivity index (χ3n) is 4.12. The predicted octanol–water partition coefficient (Wildman–Crippen LogP) is 4.20. The summed E-state index contributed by atoms with van der Waals surface area (Å²) in [6.45, 7) is 0. The number of nitrogens with two attached hydrogens (primary N) is 1. The Bertz CT molecular complexity index is 1080. The number of para-hydroxylation sites is 1. The molecule has 0 saturated carbocycles. The quantitative estimate of drug-likeness (QED) is 0.312. The zero-order chi connectivity index (χ0) is 22.2. The fourth-order valence-corrected chi connectivity index (χ4v) is 3.97. The summed E-state index contributed by atoms with van der Waals surface area (Å²) in [7, 11) is 1.50. The van der Waals surface area contributed by atoms with Gasteiger partial charge >= 0.3 is 0 Å². The van der Waals surface area contributed by atoms with Crippen LogP contribution in [0.1, 0.15) is 16.8 Å². The molecule has 31 heavy (non-hydrogen) atoms. The molecule has 3 aromatic rings. The number of nitrogens with one attached hydrogen (secondary N) is 2. The topological polar surface area (TPSA) is 119 Å². The van der Waals surface area contributed by atoms with Crippen LogP contribution in [0.3, 0.4) is 0 Å². The van der Waals surface area contributed by atoms with Crippen molar-refractivity contribution >= 4 is 56.7 Å². The Labute approximate surface area is 192 Å². The number of nitrogens with zero attached hydrogens (tertiary/aromatic N) is 2. The predicted molar refractivity (Wildman–Crippen MR) is 126 cm³/mol. The number of hydrogen-bond acceptors (Lipinski definition) is 7. The van der Waals surface area contributed by atoms with Gasteiger partial charge in [-0.25, -0.2) is 9.97 Å². The summed E-state index contributed by atoms with van der Waals surface area (Å²) in [6, 6.07) is 14.0. The van der Waals surface area contributed by atoms with Gasteiger partial charge in [-0.05, 0) is 46.3 Å². The van der Waals surface area contributed by atoms with Gasteiger partial charge in [0, 0.05) is 23.4 Å². The zero-order valence-corrected chi connectivity index (χ0v) is 19.0. The summed E-state index contributed by atoms with van der Waals surface area (Å²) in [5.41, 5.74) is 7.24. The van der Waals surface area contributed by atoms with Crippen LogP contribution < -0.4 is 21.1 Å². The normalized spacial score (nSPS) is 10.4. The number of carbonyl (C=O) groups is 2. The van der Waals surface area contributed by atoms with Crippen LogP contribution in [0, 0.1) is 0 Å². The van der Waals surface area contributed by atoms with Crippen LogP contribution in [0.15, 0.2) is 64.4 Å². The van der Waals surface area contributed by atoms with E-state index < -0.39 is 0 Å². The van der Waals surface area contributed by atoms with E-state index in [0.29, 0.717) is 43.8 Å². The maximum absolute atomic E-state index is 12.5. The standard InChI is InChI=1S/C21H20BrN5O3S/c1-30-16-8-7-13(20(29)26-14-5-3-2-4-6-14)11-15(16)27-17(28)9-10-31-21-18(22)19(23)24-12-25-21/h2-8,11-12H,9-10H2,1H3,(H,26,29)(H,27,28)(H2,23,24,25). The molecular weight excluding hydrogens is 482 g/mol. The number of thioether (sulfide) groups is 1. The number of carbonyl (C=O) groups excluding carboxylic acids is 2. The highest BCUT2D eigenvalue weighted by atomic mass is 79.9. The third kappa shape index (κ3) is 6.19. The summed E-state index contributed by atoms with van der Waals surface area (Å²) in [4.78, 5) is 33.0. The maximum atomic E-state index is 12.5. The van der Waals surface area contributed by atoms with Crippen molar-refractivity contribution in [3.8, 4) is 5.75 Å². The highest BCUT2D eigenvalue weighted by Gasteiger charge is 2.14. The molecule has 1 heterocycles. The van der Waals surface area contributed by atoms with Gasteiger partial charge in [-0.2, -0.15) is 0 Å². The molecule has 10 heteroatoms. The Kier molecular flexibility index (Phi) is 7.85. The summed E-state index contributed by atoms with van der Waals surface area (Å²) in [5, 5.41) is 6.29. The fourth-order valence-electron chi connectivity index (χ4n) is 2.59. The highest BCUT2D eigenvalue weighted by molar-refractivity contribution is 9.10. The van der Waals surface area contributed by atoms with Crippen LogP contribution >= 0.6 is 27.7 Å². The minimum Gasteiger partial charge on any atom is -0.495 e. The van der Waals surface area contributed by atoms with E-state index in [1.54, 1.807) is 30.3 Å². The van der Waals surface area contributed by atoms with Crippen molar-refractivity contribution in [1.82, 2.24) is 9.97 Å². The van der Waals surface area contributed by atoms with Crippen LogP contribution in [0.4, 0.5) is 17.2 Å². The van der Waals surface area contributed by atoms with Crippen LogP contribution in [0.25, 0.3) is 0 Å².